The predicted octanol–water partition coefficient (Wildman–Crippen LogP) is 7.78. The van der Waals surface area contributed by atoms with Gasteiger partial charge in [0.2, 0.25) is 0 Å². The highest BCUT2D eigenvalue weighted by molar-refractivity contribution is 5.75. The van der Waals surface area contributed by atoms with Gasteiger partial charge in [0, 0.05) is 19.8 Å². The average Bonchev–Trinajstić information content (AvgIpc) is 2.76. The fourth-order valence-electron chi connectivity index (χ4n) is 4.49. The lowest BCUT2D eigenvalue weighted by atomic mass is 9.79. The van der Waals surface area contributed by atoms with Crippen molar-refractivity contribution < 1.29 is 18.6 Å². The molecule has 0 saturated heterocycles. The van der Waals surface area contributed by atoms with Gasteiger partial charge in [-0.25, -0.2) is 4.39 Å². The number of unbranched alkanes of at least 4 members (excludes halogenated alkanes) is 2. The third kappa shape index (κ3) is 6.18. The van der Waals surface area contributed by atoms with Crippen LogP contribution in [0.4, 0.5) is 4.39 Å². The van der Waals surface area contributed by atoms with Gasteiger partial charge >= 0.3 is 0 Å². The first-order chi connectivity index (χ1) is 15.4. The Balaban J connectivity index is 2.91. The number of ether oxygens (including phenoxy) is 3. The fraction of sp³-hybridized carbons (Fsp3) is 0.571. The highest BCUT2D eigenvalue weighted by atomic mass is 19.1. The lowest BCUT2D eigenvalue weighted by molar-refractivity contribution is -0.136. The van der Waals surface area contributed by atoms with Crippen LogP contribution in [0.1, 0.15) is 94.3 Å². The van der Waals surface area contributed by atoms with Crippen molar-refractivity contribution in [3.05, 3.63) is 58.4 Å². The van der Waals surface area contributed by atoms with E-state index in [1.807, 2.05) is 32.0 Å². The molecule has 2 aromatic rings. The minimum atomic E-state index is -0.668. The fourth-order valence-corrected chi connectivity index (χ4v) is 4.49. The first-order valence-electron chi connectivity index (χ1n) is 12.0. The Morgan fingerprint density at radius 3 is 2.03 bits per heavy atom. The minimum absolute atomic E-state index is 0.0154. The molecule has 1 atom stereocenters. The van der Waals surface area contributed by atoms with Gasteiger partial charge in [-0.15, -0.1) is 0 Å². The van der Waals surface area contributed by atoms with E-state index in [2.05, 4.69) is 32.9 Å². The molecule has 1 unspecified atom stereocenters. The van der Waals surface area contributed by atoms with Gasteiger partial charge in [0.25, 0.3) is 0 Å². The summed E-state index contributed by atoms with van der Waals surface area (Å²) in [6.07, 6.45) is 3.43. The smallest absolute Gasteiger partial charge is 0.184 e. The number of methoxy groups -OCH3 is 2. The van der Waals surface area contributed by atoms with Crippen molar-refractivity contribution in [2.24, 2.45) is 0 Å². The average molecular weight is 445 g/mol. The van der Waals surface area contributed by atoms with Crippen LogP contribution in [0.15, 0.2) is 30.3 Å². The number of hydrogen-bond donors (Lipinski definition) is 0. The van der Waals surface area contributed by atoms with Gasteiger partial charge in [-0.2, -0.15) is 0 Å². The van der Waals surface area contributed by atoms with Crippen LogP contribution in [0.5, 0.6) is 0 Å². The molecule has 0 spiro atoms. The molecule has 32 heavy (non-hydrogen) atoms. The molecule has 0 saturated carbocycles. The zero-order chi connectivity index (χ0) is 23.7. The second-order valence-corrected chi connectivity index (χ2v) is 8.97. The second-order valence-electron chi connectivity index (χ2n) is 8.97. The molecule has 0 aliphatic rings. The van der Waals surface area contributed by atoms with Crippen LogP contribution in [0.3, 0.4) is 0 Å². The molecule has 4 heteroatoms. The van der Waals surface area contributed by atoms with Gasteiger partial charge < -0.3 is 14.2 Å². The summed E-state index contributed by atoms with van der Waals surface area (Å²) in [5.41, 5.74) is 5.58. The molecular formula is C28H41FO3. The van der Waals surface area contributed by atoms with E-state index in [0.29, 0.717) is 18.8 Å². The summed E-state index contributed by atoms with van der Waals surface area (Å²) < 4.78 is 33.3. The lowest BCUT2D eigenvalue weighted by Gasteiger charge is -2.30. The van der Waals surface area contributed by atoms with Gasteiger partial charge in [-0.1, -0.05) is 77.8 Å². The Kier molecular flexibility index (Phi) is 10.8. The van der Waals surface area contributed by atoms with Crippen LogP contribution >= 0.6 is 0 Å². The van der Waals surface area contributed by atoms with Gasteiger partial charge in [0.15, 0.2) is 6.29 Å². The van der Waals surface area contributed by atoms with Gasteiger partial charge in [-0.05, 0) is 52.5 Å². The number of rotatable bonds is 13. The molecule has 0 bridgehead atoms. The molecule has 2 rings (SSSR count). The third-order valence-corrected chi connectivity index (χ3v) is 5.91. The Labute approximate surface area is 194 Å². The largest absolute Gasteiger partial charge is 0.382 e. The van der Waals surface area contributed by atoms with E-state index in [0.717, 1.165) is 53.5 Å². The van der Waals surface area contributed by atoms with E-state index in [1.54, 1.807) is 14.2 Å². The predicted molar refractivity (Wildman–Crippen MR) is 131 cm³/mol. The molecule has 178 valence electrons. The van der Waals surface area contributed by atoms with Crippen molar-refractivity contribution in [1.82, 2.24) is 0 Å². The van der Waals surface area contributed by atoms with Crippen molar-refractivity contribution >= 4 is 0 Å². The summed E-state index contributed by atoms with van der Waals surface area (Å²) in [7, 11) is 3.27. The number of benzene rings is 2. The van der Waals surface area contributed by atoms with Gasteiger partial charge in [-0.3, -0.25) is 0 Å². The number of halogens is 1. The second kappa shape index (κ2) is 13.1. The molecule has 0 amide bonds. The Bertz CT molecular complexity index is 831. The maximum absolute atomic E-state index is 16.2. The molecule has 2 aromatic carbocycles. The first kappa shape index (κ1) is 26.5. The summed E-state index contributed by atoms with van der Waals surface area (Å²) in [4.78, 5) is 0. The summed E-state index contributed by atoms with van der Waals surface area (Å²) in [6.45, 7) is 11.3. The van der Waals surface area contributed by atoms with Crippen molar-refractivity contribution in [2.45, 2.75) is 78.4 Å². The van der Waals surface area contributed by atoms with Gasteiger partial charge in [0.05, 0.1) is 13.2 Å². The Hall–Kier alpha value is -1.75. The standard InChI is InChI=1S/C28H41FO3/c1-8-9-11-16-22-23(19(2)3)27(29)24(20(4)5)26(28(31-7)32-18-17-30-6)25(22)21-14-12-10-13-15-21/h10,12-15,19-20,28H,8-9,11,16-18H2,1-7H3. The summed E-state index contributed by atoms with van der Waals surface area (Å²) >= 11 is 0. The highest BCUT2D eigenvalue weighted by Crippen LogP contribution is 2.45. The summed E-state index contributed by atoms with van der Waals surface area (Å²) in [6, 6.07) is 10.3. The summed E-state index contributed by atoms with van der Waals surface area (Å²) in [5.74, 6) is -0.0389. The molecular weight excluding hydrogens is 403 g/mol. The topological polar surface area (TPSA) is 27.7 Å². The maximum Gasteiger partial charge on any atom is 0.184 e. The highest BCUT2D eigenvalue weighted by Gasteiger charge is 2.31. The van der Waals surface area contributed by atoms with E-state index >= 15 is 4.39 Å². The summed E-state index contributed by atoms with van der Waals surface area (Å²) in [5, 5.41) is 0. The van der Waals surface area contributed by atoms with Crippen LogP contribution in [0, 0.1) is 5.82 Å². The molecule has 0 aliphatic heterocycles. The number of hydrogen-bond acceptors (Lipinski definition) is 3. The Morgan fingerprint density at radius 1 is 0.844 bits per heavy atom. The lowest BCUT2D eigenvalue weighted by Crippen LogP contribution is -2.19. The van der Waals surface area contributed by atoms with E-state index in [1.165, 1.54) is 0 Å². The van der Waals surface area contributed by atoms with Crippen LogP contribution in [-0.4, -0.2) is 27.4 Å². The maximum atomic E-state index is 16.2. The molecule has 0 heterocycles. The van der Waals surface area contributed by atoms with Crippen molar-refractivity contribution in [3.63, 3.8) is 0 Å². The molecule has 3 nitrogen and oxygen atoms in total. The third-order valence-electron chi connectivity index (χ3n) is 5.91. The quantitative estimate of drug-likeness (QED) is 0.233. The van der Waals surface area contributed by atoms with E-state index in [4.69, 9.17) is 14.2 Å². The van der Waals surface area contributed by atoms with Crippen LogP contribution in [-0.2, 0) is 20.6 Å². The van der Waals surface area contributed by atoms with Crippen LogP contribution in [0.2, 0.25) is 0 Å². The van der Waals surface area contributed by atoms with Crippen LogP contribution in [0.25, 0.3) is 11.1 Å². The van der Waals surface area contributed by atoms with E-state index in [-0.39, 0.29) is 17.7 Å². The molecule has 0 radical (unpaired) electrons. The SMILES string of the molecule is CCCCCc1c(-c2ccccc2)c(C(OC)OCCOC)c(C(C)C)c(F)c1C(C)C. The molecule has 0 N–H and O–H groups in total. The van der Waals surface area contributed by atoms with Crippen molar-refractivity contribution in [3.8, 4) is 11.1 Å². The first-order valence-corrected chi connectivity index (χ1v) is 12.0. The van der Waals surface area contributed by atoms with E-state index < -0.39 is 6.29 Å². The van der Waals surface area contributed by atoms with Crippen LogP contribution < -0.4 is 0 Å². The zero-order valence-electron chi connectivity index (χ0n) is 21.0. The zero-order valence-corrected chi connectivity index (χ0v) is 21.0. The molecule has 0 aliphatic carbocycles. The monoisotopic (exact) mass is 444 g/mol. The molecule has 0 aromatic heterocycles. The van der Waals surface area contributed by atoms with Crippen molar-refractivity contribution in [1.29, 1.82) is 0 Å². The van der Waals surface area contributed by atoms with Crippen molar-refractivity contribution in [2.75, 3.05) is 27.4 Å². The van der Waals surface area contributed by atoms with E-state index in [9.17, 15) is 0 Å². The Morgan fingerprint density at radius 2 is 1.50 bits per heavy atom. The minimum Gasteiger partial charge on any atom is -0.382 e. The van der Waals surface area contributed by atoms with Gasteiger partial charge in [0.1, 0.15) is 5.82 Å². The molecule has 0 fully saturated rings. The normalized spacial score (nSPS) is 12.7.